The maximum Gasteiger partial charge on any atom is 0.387 e. The molecule has 25 heavy (non-hydrogen) atoms. The van der Waals surface area contributed by atoms with Crippen molar-refractivity contribution in [3.8, 4) is 11.5 Å². The average Bonchev–Trinajstić information content (AvgIpc) is 2.57. The second-order valence-electron chi connectivity index (χ2n) is 5.25. The van der Waals surface area contributed by atoms with Crippen LogP contribution in [0.4, 0.5) is 20.2 Å². The first kappa shape index (κ1) is 16.7. The van der Waals surface area contributed by atoms with Crippen LogP contribution in [0.1, 0.15) is 6.42 Å². The van der Waals surface area contributed by atoms with Crippen LogP contribution in [0.5, 0.6) is 11.5 Å². The quantitative estimate of drug-likeness (QED) is 0.871. The summed E-state index contributed by atoms with van der Waals surface area (Å²) in [7, 11) is 0. The number of carbonyl (C=O) groups is 2. The van der Waals surface area contributed by atoms with Gasteiger partial charge in [-0.3, -0.25) is 9.59 Å². The molecule has 1 aliphatic rings. The molecule has 2 N–H and O–H groups in total. The van der Waals surface area contributed by atoms with Gasteiger partial charge >= 0.3 is 6.61 Å². The van der Waals surface area contributed by atoms with Crippen LogP contribution in [-0.4, -0.2) is 24.5 Å². The predicted molar refractivity (Wildman–Crippen MR) is 85.8 cm³/mol. The lowest BCUT2D eigenvalue weighted by atomic mass is 10.1. The van der Waals surface area contributed by atoms with Crippen LogP contribution in [0.3, 0.4) is 0 Å². The predicted octanol–water partition coefficient (Wildman–Crippen LogP) is 3.02. The summed E-state index contributed by atoms with van der Waals surface area (Å²) in [6, 6.07) is 12.4. The van der Waals surface area contributed by atoms with Crippen LogP contribution in [0.2, 0.25) is 0 Å². The van der Waals surface area contributed by atoms with Crippen molar-refractivity contribution >= 4 is 23.2 Å². The van der Waals surface area contributed by atoms with E-state index in [1.165, 1.54) is 24.3 Å². The standard InChI is InChI=1S/C17H14F2N2O4/c18-17(19)24-11-7-5-10(6-8-11)20-15(22)9-14-16(23)21-12-3-1-2-4-13(12)25-14/h1-8,14,17H,9H2,(H,20,22)(H,21,23)/t14-/m1/s1. The number of rotatable bonds is 5. The molecule has 3 rings (SSSR count). The second kappa shape index (κ2) is 7.16. The fourth-order valence-corrected chi connectivity index (χ4v) is 2.33. The van der Waals surface area contributed by atoms with E-state index in [4.69, 9.17) is 4.74 Å². The van der Waals surface area contributed by atoms with E-state index < -0.39 is 24.5 Å². The molecule has 0 aliphatic carbocycles. The van der Waals surface area contributed by atoms with E-state index in [9.17, 15) is 18.4 Å². The number of halogens is 2. The number of fused-ring (bicyclic) bond motifs is 1. The molecular weight excluding hydrogens is 334 g/mol. The highest BCUT2D eigenvalue weighted by atomic mass is 19.3. The first-order valence-corrected chi connectivity index (χ1v) is 7.42. The third-order valence-electron chi connectivity index (χ3n) is 3.44. The minimum Gasteiger partial charge on any atom is -0.478 e. The van der Waals surface area contributed by atoms with Crippen molar-refractivity contribution in [2.45, 2.75) is 19.1 Å². The van der Waals surface area contributed by atoms with Crippen LogP contribution in [0.25, 0.3) is 0 Å². The van der Waals surface area contributed by atoms with Crippen LogP contribution in [0.15, 0.2) is 48.5 Å². The summed E-state index contributed by atoms with van der Waals surface area (Å²) in [5, 5.41) is 5.25. The molecule has 0 saturated heterocycles. The highest BCUT2D eigenvalue weighted by Gasteiger charge is 2.29. The lowest BCUT2D eigenvalue weighted by Gasteiger charge is -2.25. The van der Waals surface area contributed by atoms with Gasteiger partial charge in [-0.05, 0) is 36.4 Å². The molecule has 0 spiro atoms. The van der Waals surface area contributed by atoms with Crippen LogP contribution in [0, 0.1) is 0 Å². The van der Waals surface area contributed by atoms with Crippen molar-refractivity contribution in [2.24, 2.45) is 0 Å². The van der Waals surface area contributed by atoms with Gasteiger partial charge < -0.3 is 20.1 Å². The number of nitrogens with one attached hydrogen (secondary N) is 2. The molecule has 8 heteroatoms. The zero-order valence-corrected chi connectivity index (χ0v) is 12.9. The van der Waals surface area contributed by atoms with Gasteiger partial charge in [-0.2, -0.15) is 8.78 Å². The molecule has 130 valence electrons. The van der Waals surface area contributed by atoms with E-state index in [0.717, 1.165) is 0 Å². The third kappa shape index (κ3) is 4.23. The molecule has 2 amide bonds. The molecule has 0 saturated carbocycles. The maximum absolute atomic E-state index is 12.1. The Morgan fingerprint density at radius 2 is 1.92 bits per heavy atom. The van der Waals surface area contributed by atoms with Gasteiger partial charge in [0, 0.05) is 5.69 Å². The topological polar surface area (TPSA) is 76.7 Å². The van der Waals surface area contributed by atoms with Crippen molar-refractivity contribution < 1.29 is 27.8 Å². The summed E-state index contributed by atoms with van der Waals surface area (Å²) < 4.78 is 33.9. The fourth-order valence-electron chi connectivity index (χ4n) is 2.33. The molecular formula is C17H14F2N2O4. The Hall–Kier alpha value is -3.16. The van der Waals surface area contributed by atoms with Gasteiger partial charge in [0.15, 0.2) is 6.10 Å². The van der Waals surface area contributed by atoms with E-state index in [1.807, 2.05) is 0 Å². The number of anilines is 2. The lowest BCUT2D eigenvalue weighted by Crippen LogP contribution is -2.39. The van der Waals surface area contributed by atoms with Crippen molar-refractivity contribution in [3.63, 3.8) is 0 Å². The molecule has 0 bridgehead atoms. The molecule has 1 aliphatic heterocycles. The van der Waals surface area contributed by atoms with Crippen molar-refractivity contribution in [1.82, 2.24) is 0 Å². The van der Waals surface area contributed by atoms with Crippen molar-refractivity contribution in [1.29, 1.82) is 0 Å². The van der Waals surface area contributed by atoms with Crippen LogP contribution >= 0.6 is 0 Å². The normalized spacial score (nSPS) is 15.8. The Kier molecular flexibility index (Phi) is 4.78. The highest BCUT2D eigenvalue weighted by molar-refractivity contribution is 6.01. The second-order valence-corrected chi connectivity index (χ2v) is 5.25. The Bertz CT molecular complexity index is 780. The Morgan fingerprint density at radius 3 is 2.64 bits per heavy atom. The fraction of sp³-hybridized carbons (Fsp3) is 0.176. The first-order chi connectivity index (χ1) is 12.0. The molecule has 1 heterocycles. The maximum atomic E-state index is 12.1. The molecule has 2 aromatic carbocycles. The van der Waals surface area contributed by atoms with Crippen molar-refractivity contribution in [2.75, 3.05) is 10.6 Å². The number of para-hydroxylation sites is 2. The molecule has 0 fully saturated rings. The molecule has 0 unspecified atom stereocenters. The van der Waals surface area contributed by atoms with E-state index in [-0.39, 0.29) is 12.2 Å². The number of ether oxygens (including phenoxy) is 2. The number of benzene rings is 2. The van der Waals surface area contributed by atoms with E-state index >= 15 is 0 Å². The smallest absolute Gasteiger partial charge is 0.387 e. The number of amides is 2. The minimum atomic E-state index is -2.91. The summed E-state index contributed by atoms with van der Waals surface area (Å²) in [6.45, 7) is -2.91. The van der Waals surface area contributed by atoms with Gasteiger partial charge in [-0.15, -0.1) is 0 Å². The minimum absolute atomic E-state index is 0.0143. The summed E-state index contributed by atoms with van der Waals surface area (Å²) in [4.78, 5) is 24.1. The van der Waals surface area contributed by atoms with Gasteiger partial charge in [0.05, 0.1) is 12.1 Å². The van der Waals surface area contributed by atoms with Gasteiger partial charge in [0.25, 0.3) is 5.91 Å². The van der Waals surface area contributed by atoms with E-state index in [2.05, 4.69) is 15.4 Å². The highest BCUT2D eigenvalue weighted by Crippen LogP contribution is 2.29. The number of hydrogen-bond donors (Lipinski definition) is 2. The molecule has 2 aromatic rings. The summed E-state index contributed by atoms with van der Waals surface area (Å²) in [5.74, 6) is -0.371. The summed E-state index contributed by atoms with van der Waals surface area (Å²) in [6.07, 6.45) is -1.13. The number of alkyl halides is 2. The van der Waals surface area contributed by atoms with Gasteiger partial charge in [-0.1, -0.05) is 12.1 Å². The SMILES string of the molecule is O=C(C[C@H]1Oc2ccccc2NC1=O)Nc1ccc(OC(F)F)cc1. The van der Waals surface area contributed by atoms with E-state index in [1.54, 1.807) is 24.3 Å². The van der Waals surface area contributed by atoms with Gasteiger partial charge in [0.2, 0.25) is 5.91 Å². The Labute approximate surface area is 141 Å². The van der Waals surface area contributed by atoms with Gasteiger partial charge in [0.1, 0.15) is 11.5 Å². The Morgan fingerprint density at radius 1 is 1.20 bits per heavy atom. The Balaban J connectivity index is 1.58. The molecule has 1 atom stereocenters. The first-order valence-electron chi connectivity index (χ1n) is 7.42. The lowest BCUT2D eigenvalue weighted by molar-refractivity contribution is -0.128. The molecule has 0 aromatic heterocycles. The summed E-state index contributed by atoms with van der Waals surface area (Å²) >= 11 is 0. The zero-order chi connectivity index (χ0) is 17.8. The summed E-state index contributed by atoms with van der Waals surface area (Å²) in [5.41, 5.74) is 0.946. The number of carbonyl (C=O) groups excluding carboxylic acids is 2. The van der Waals surface area contributed by atoms with Crippen LogP contribution < -0.4 is 20.1 Å². The van der Waals surface area contributed by atoms with Gasteiger partial charge in [-0.25, -0.2) is 0 Å². The van der Waals surface area contributed by atoms with Crippen LogP contribution in [-0.2, 0) is 9.59 Å². The monoisotopic (exact) mass is 348 g/mol. The average molecular weight is 348 g/mol. The third-order valence-corrected chi connectivity index (χ3v) is 3.44. The largest absolute Gasteiger partial charge is 0.478 e. The molecule has 6 nitrogen and oxygen atoms in total. The number of hydrogen-bond acceptors (Lipinski definition) is 4. The van der Waals surface area contributed by atoms with Crippen molar-refractivity contribution in [3.05, 3.63) is 48.5 Å². The van der Waals surface area contributed by atoms with E-state index in [0.29, 0.717) is 17.1 Å². The zero-order valence-electron chi connectivity index (χ0n) is 12.9. The molecule has 0 radical (unpaired) electrons.